The second-order valence-corrected chi connectivity index (χ2v) is 4.33. The lowest BCUT2D eigenvalue weighted by atomic mass is 10.0. The van der Waals surface area contributed by atoms with E-state index in [0.717, 1.165) is 32.1 Å². The third kappa shape index (κ3) is 2.25. The van der Waals surface area contributed by atoms with Gasteiger partial charge in [0.1, 0.15) is 0 Å². The van der Waals surface area contributed by atoms with Crippen molar-refractivity contribution in [2.75, 3.05) is 45.8 Å². The number of amides is 1. The summed E-state index contributed by atoms with van der Waals surface area (Å²) in [6.45, 7) is 9.14. The molecule has 4 nitrogen and oxygen atoms in total. The van der Waals surface area contributed by atoms with Crippen LogP contribution in [0.5, 0.6) is 0 Å². The maximum Gasteiger partial charge on any atom is 0.219 e. The Morgan fingerprint density at radius 2 is 1.93 bits per heavy atom. The van der Waals surface area contributed by atoms with Crippen molar-refractivity contribution in [1.29, 1.82) is 0 Å². The van der Waals surface area contributed by atoms with Gasteiger partial charge in [-0.05, 0) is 5.92 Å². The van der Waals surface area contributed by atoms with E-state index in [1.165, 1.54) is 19.6 Å². The highest BCUT2D eigenvalue weighted by Gasteiger charge is 2.23. The summed E-state index contributed by atoms with van der Waals surface area (Å²) in [7, 11) is 0. The molecule has 0 saturated carbocycles. The molecule has 0 unspecified atom stereocenters. The quantitative estimate of drug-likeness (QED) is 0.640. The van der Waals surface area contributed by atoms with Crippen LogP contribution < -0.4 is 5.32 Å². The Kier molecular flexibility index (Phi) is 3.03. The maximum absolute atomic E-state index is 11.1. The van der Waals surface area contributed by atoms with Crippen molar-refractivity contribution in [3.63, 3.8) is 0 Å². The zero-order valence-electron chi connectivity index (χ0n) is 8.83. The number of hydrogen-bond acceptors (Lipinski definition) is 3. The second kappa shape index (κ2) is 4.28. The van der Waals surface area contributed by atoms with Crippen LogP contribution in [0, 0.1) is 5.92 Å². The van der Waals surface area contributed by atoms with Crippen molar-refractivity contribution in [2.24, 2.45) is 5.92 Å². The standard InChI is InChI=1S/C10H19N3O/c1-9(14)13-4-2-12(3-5-13)8-10-6-11-7-10/h10-11H,2-8H2,1H3. The van der Waals surface area contributed by atoms with E-state index in [9.17, 15) is 4.79 Å². The van der Waals surface area contributed by atoms with E-state index in [2.05, 4.69) is 10.2 Å². The van der Waals surface area contributed by atoms with E-state index in [1.807, 2.05) is 4.90 Å². The van der Waals surface area contributed by atoms with Gasteiger partial charge in [0.15, 0.2) is 0 Å². The average molecular weight is 197 g/mol. The van der Waals surface area contributed by atoms with Gasteiger partial charge in [0.25, 0.3) is 0 Å². The largest absolute Gasteiger partial charge is 0.340 e. The molecule has 2 heterocycles. The molecule has 0 aromatic heterocycles. The number of hydrogen-bond donors (Lipinski definition) is 1. The molecule has 1 N–H and O–H groups in total. The van der Waals surface area contributed by atoms with Gasteiger partial charge in [0.05, 0.1) is 0 Å². The van der Waals surface area contributed by atoms with E-state index in [-0.39, 0.29) is 5.91 Å². The van der Waals surface area contributed by atoms with Crippen molar-refractivity contribution in [1.82, 2.24) is 15.1 Å². The summed E-state index contributed by atoms with van der Waals surface area (Å²) in [5.74, 6) is 1.06. The normalized spacial score (nSPS) is 24.8. The summed E-state index contributed by atoms with van der Waals surface area (Å²) in [6.07, 6.45) is 0. The summed E-state index contributed by atoms with van der Waals surface area (Å²) in [5, 5.41) is 3.29. The van der Waals surface area contributed by atoms with Crippen LogP contribution in [-0.4, -0.2) is 61.5 Å². The molecule has 2 aliphatic rings. The summed E-state index contributed by atoms with van der Waals surface area (Å²) in [6, 6.07) is 0. The van der Waals surface area contributed by atoms with E-state index in [1.54, 1.807) is 6.92 Å². The average Bonchev–Trinajstić information content (AvgIpc) is 2.12. The fourth-order valence-electron chi connectivity index (χ4n) is 2.09. The Morgan fingerprint density at radius 3 is 2.36 bits per heavy atom. The lowest BCUT2D eigenvalue weighted by Gasteiger charge is -2.38. The number of carbonyl (C=O) groups is 1. The molecule has 2 saturated heterocycles. The summed E-state index contributed by atoms with van der Waals surface area (Å²) < 4.78 is 0. The van der Waals surface area contributed by atoms with Gasteiger partial charge >= 0.3 is 0 Å². The lowest BCUT2D eigenvalue weighted by molar-refractivity contribution is -0.130. The zero-order chi connectivity index (χ0) is 9.97. The highest BCUT2D eigenvalue weighted by atomic mass is 16.2. The van der Waals surface area contributed by atoms with Crippen molar-refractivity contribution < 1.29 is 4.79 Å². The molecule has 2 fully saturated rings. The van der Waals surface area contributed by atoms with E-state index in [0.29, 0.717) is 0 Å². The topological polar surface area (TPSA) is 35.6 Å². The molecular formula is C10H19N3O. The minimum Gasteiger partial charge on any atom is -0.340 e. The van der Waals surface area contributed by atoms with Crippen molar-refractivity contribution >= 4 is 5.91 Å². The SMILES string of the molecule is CC(=O)N1CCN(CC2CNC2)CC1. The Morgan fingerprint density at radius 1 is 1.29 bits per heavy atom. The molecule has 2 rings (SSSR count). The Bertz CT molecular complexity index is 207. The van der Waals surface area contributed by atoms with Crippen molar-refractivity contribution in [3.05, 3.63) is 0 Å². The van der Waals surface area contributed by atoms with Gasteiger partial charge in [-0.2, -0.15) is 0 Å². The molecule has 0 aliphatic carbocycles. The molecule has 0 radical (unpaired) electrons. The van der Waals surface area contributed by atoms with Crippen LogP contribution in [0.2, 0.25) is 0 Å². The number of carbonyl (C=O) groups excluding carboxylic acids is 1. The number of nitrogens with zero attached hydrogens (tertiary/aromatic N) is 2. The van der Waals surface area contributed by atoms with Crippen LogP contribution in [-0.2, 0) is 4.79 Å². The van der Waals surface area contributed by atoms with Gasteiger partial charge < -0.3 is 10.2 Å². The van der Waals surface area contributed by atoms with E-state index >= 15 is 0 Å². The van der Waals surface area contributed by atoms with Crippen LogP contribution in [0.3, 0.4) is 0 Å². The first-order valence-electron chi connectivity index (χ1n) is 5.44. The number of piperazine rings is 1. The maximum atomic E-state index is 11.1. The van der Waals surface area contributed by atoms with Crippen LogP contribution in [0.25, 0.3) is 0 Å². The molecule has 0 aromatic carbocycles. The summed E-state index contributed by atoms with van der Waals surface area (Å²) in [4.78, 5) is 15.5. The lowest BCUT2D eigenvalue weighted by Crippen LogP contribution is -2.53. The first-order chi connectivity index (χ1) is 6.75. The third-order valence-electron chi connectivity index (χ3n) is 3.20. The first kappa shape index (κ1) is 9.93. The van der Waals surface area contributed by atoms with Gasteiger partial charge in [0.2, 0.25) is 5.91 Å². The monoisotopic (exact) mass is 197 g/mol. The molecule has 0 spiro atoms. The van der Waals surface area contributed by atoms with E-state index in [4.69, 9.17) is 0 Å². The smallest absolute Gasteiger partial charge is 0.219 e. The Labute approximate surface area is 85.2 Å². The first-order valence-corrected chi connectivity index (χ1v) is 5.44. The van der Waals surface area contributed by atoms with Crippen molar-refractivity contribution in [2.45, 2.75) is 6.92 Å². The van der Waals surface area contributed by atoms with Gasteiger partial charge in [-0.15, -0.1) is 0 Å². The second-order valence-electron chi connectivity index (χ2n) is 4.33. The molecule has 80 valence electrons. The fourth-order valence-corrected chi connectivity index (χ4v) is 2.09. The Hall–Kier alpha value is -0.610. The molecule has 0 atom stereocenters. The summed E-state index contributed by atoms with van der Waals surface area (Å²) in [5.41, 5.74) is 0. The van der Waals surface area contributed by atoms with E-state index < -0.39 is 0 Å². The van der Waals surface area contributed by atoms with Crippen LogP contribution >= 0.6 is 0 Å². The molecule has 4 heteroatoms. The Balaban J connectivity index is 1.69. The van der Waals surface area contributed by atoms with Gasteiger partial charge in [-0.3, -0.25) is 9.69 Å². The van der Waals surface area contributed by atoms with Gasteiger partial charge in [-0.25, -0.2) is 0 Å². The zero-order valence-corrected chi connectivity index (χ0v) is 8.83. The third-order valence-corrected chi connectivity index (χ3v) is 3.20. The minimum atomic E-state index is 0.218. The fraction of sp³-hybridized carbons (Fsp3) is 0.900. The predicted molar refractivity (Wildman–Crippen MR) is 55.1 cm³/mol. The van der Waals surface area contributed by atoms with Crippen LogP contribution in [0.1, 0.15) is 6.92 Å². The summed E-state index contributed by atoms with van der Waals surface area (Å²) >= 11 is 0. The van der Waals surface area contributed by atoms with Gasteiger partial charge in [0, 0.05) is 52.7 Å². The predicted octanol–water partition coefficient (Wildman–Crippen LogP) is -0.630. The van der Waals surface area contributed by atoms with Crippen LogP contribution in [0.4, 0.5) is 0 Å². The molecule has 1 amide bonds. The van der Waals surface area contributed by atoms with Gasteiger partial charge in [-0.1, -0.05) is 0 Å². The molecule has 14 heavy (non-hydrogen) atoms. The number of nitrogens with one attached hydrogen (secondary N) is 1. The van der Waals surface area contributed by atoms with Crippen molar-refractivity contribution in [3.8, 4) is 0 Å². The molecule has 0 bridgehead atoms. The molecule has 0 aromatic rings. The number of rotatable bonds is 2. The molecule has 2 aliphatic heterocycles. The molecular weight excluding hydrogens is 178 g/mol. The van der Waals surface area contributed by atoms with Crippen LogP contribution in [0.15, 0.2) is 0 Å². The highest BCUT2D eigenvalue weighted by molar-refractivity contribution is 5.73. The minimum absolute atomic E-state index is 0.218. The highest BCUT2D eigenvalue weighted by Crippen LogP contribution is 2.08.